The van der Waals surface area contributed by atoms with E-state index < -0.39 is 0 Å². The minimum absolute atomic E-state index is 0.230. The number of carbonyl (C=O) groups excluding carboxylic acids is 1. The first kappa shape index (κ1) is 22.3. The van der Waals surface area contributed by atoms with E-state index in [-0.39, 0.29) is 5.91 Å². The van der Waals surface area contributed by atoms with Crippen LogP contribution in [0.15, 0.2) is 78.9 Å². The molecule has 1 unspecified atom stereocenters. The van der Waals surface area contributed by atoms with E-state index in [1.807, 2.05) is 17.0 Å². The smallest absolute Gasteiger partial charge is 0.227 e. The van der Waals surface area contributed by atoms with Gasteiger partial charge in [-0.3, -0.25) is 4.79 Å². The van der Waals surface area contributed by atoms with Crippen LogP contribution in [0.1, 0.15) is 31.4 Å². The maximum atomic E-state index is 13.3. The Morgan fingerprint density at radius 3 is 2.25 bits per heavy atom. The Labute approximate surface area is 192 Å². The molecule has 3 aromatic rings. The topological polar surface area (TPSA) is 23.6 Å². The van der Waals surface area contributed by atoms with E-state index in [1.165, 1.54) is 22.3 Å². The van der Waals surface area contributed by atoms with E-state index in [2.05, 4.69) is 85.5 Å². The maximum absolute atomic E-state index is 13.3. The molecule has 32 heavy (non-hydrogen) atoms. The number of hydrogen-bond acceptors (Lipinski definition) is 2. The number of hydrogen-bond donors (Lipinski definition) is 0. The molecule has 3 nitrogen and oxygen atoms in total. The van der Waals surface area contributed by atoms with Crippen molar-refractivity contribution in [3.63, 3.8) is 0 Å². The third-order valence-corrected chi connectivity index (χ3v) is 6.63. The number of benzene rings is 3. The summed E-state index contributed by atoms with van der Waals surface area (Å²) in [5.74, 6) is 0.715. The first-order valence-corrected chi connectivity index (χ1v) is 11.9. The second-order valence-electron chi connectivity index (χ2n) is 8.75. The number of anilines is 1. The molecule has 3 aromatic carbocycles. The van der Waals surface area contributed by atoms with Gasteiger partial charge in [0.05, 0.1) is 0 Å². The molecular formula is C29H34N2O. The van der Waals surface area contributed by atoms with Gasteiger partial charge in [0.15, 0.2) is 0 Å². The fourth-order valence-electron chi connectivity index (χ4n) is 4.76. The van der Waals surface area contributed by atoms with Crippen molar-refractivity contribution in [2.24, 2.45) is 5.92 Å². The highest BCUT2D eigenvalue weighted by Gasteiger charge is 2.28. The minimum atomic E-state index is 0.230. The molecule has 166 valence electrons. The van der Waals surface area contributed by atoms with Crippen LogP contribution in [-0.4, -0.2) is 37.0 Å². The predicted molar refractivity (Wildman–Crippen MR) is 134 cm³/mol. The molecule has 1 aliphatic heterocycles. The summed E-state index contributed by atoms with van der Waals surface area (Å²) in [4.78, 5) is 17.8. The molecule has 0 bridgehead atoms. The molecule has 3 heteroatoms. The number of amides is 1. The second kappa shape index (κ2) is 10.6. The molecule has 0 saturated heterocycles. The molecule has 0 fully saturated rings. The van der Waals surface area contributed by atoms with Gasteiger partial charge in [-0.05, 0) is 60.2 Å². The highest BCUT2D eigenvalue weighted by Crippen LogP contribution is 2.31. The molecule has 1 aliphatic rings. The van der Waals surface area contributed by atoms with E-state index in [4.69, 9.17) is 0 Å². The molecule has 0 saturated carbocycles. The zero-order valence-corrected chi connectivity index (χ0v) is 19.3. The fourth-order valence-corrected chi connectivity index (χ4v) is 4.76. The highest BCUT2D eigenvalue weighted by molar-refractivity contribution is 5.94. The quantitative estimate of drug-likeness (QED) is 0.452. The molecule has 1 heterocycles. The van der Waals surface area contributed by atoms with Gasteiger partial charge in [-0.15, -0.1) is 0 Å². The summed E-state index contributed by atoms with van der Waals surface area (Å²) >= 11 is 0. The molecule has 0 N–H and O–H groups in total. The zero-order chi connectivity index (χ0) is 22.3. The monoisotopic (exact) mass is 426 g/mol. The standard InChI is InChI=1S/C29H34N2O/c1-3-30(4-2)21-24-20-27-12-8-9-13-28(27)31(22-24)29(32)19-16-23-14-17-26(18-15-23)25-10-6-5-7-11-25/h5-15,17-18,24H,3-4,16,19-22H2,1-2H3. The molecule has 1 amide bonds. The normalized spacial score (nSPS) is 15.6. The summed E-state index contributed by atoms with van der Waals surface area (Å²) in [7, 11) is 0. The Bertz CT molecular complexity index is 1010. The maximum Gasteiger partial charge on any atom is 0.227 e. The highest BCUT2D eigenvalue weighted by atomic mass is 16.2. The fraction of sp³-hybridized carbons (Fsp3) is 0.345. The van der Waals surface area contributed by atoms with Crippen LogP contribution >= 0.6 is 0 Å². The molecule has 0 spiro atoms. The van der Waals surface area contributed by atoms with Gasteiger partial charge in [-0.25, -0.2) is 0 Å². The van der Waals surface area contributed by atoms with Crippen molar-refractivity contribution in [2.45, 2.75) is 33.1 Å². The van der Waals surface area contributed by atoms with Gasteiger partial charge in [0, 0.05) is 25.2 Å². The summed E-state index contributed by atoms with van der Waals surface area (Å²) < 4.78 is 0. The van der Waals surface area contributed by atoms with Crippen LogP contribution in [-0.2, 0) is 17.6 Å². The molecule has 0 aromatic heterocycles. The molecule has 0 aliphatic carbocycles. The number of rotatable bonds is 8. The van der Waals surface area contributed by atoms with Crippen molar-refractivity contribution in [2.75, 3.05) is 31.1 Å². The van der Waals surface area contributed by atoms with E-state index in [0.29, 0.717) is 12.3 Å². The zero-order valence-electron chi connectivity index (χ0n) is 19.3. The third kappa shape index (κ3) is 5.28. The van der Waals surface area contributed by atoms with Crippen molar-refractivity contribution < 1.29 is 4.79 Å². The third-order valence-electron chi connectivity index (χ3n) is 6.63. The van der Waals surface area contributed by atoms with Crippen LogP contribution in [0.3, 0.4) is 0 Å². The van der Waals surface area contributed by atoms with Gasteiger partial charge in [0.2, 0.25) is 5.91 Å². The Balaban J connectivity index is 1.42. The summed E-state index contributed by atoms with van der Waals surface area (Å²) in [6, 6.07) is 27.5. The predicted octanol–water partition coefficient (Wildman–Crippen LogP) is 5.83. The lowest BCUT2D eigenvalue weighted by Crippen LogP contribution is -2.44. The van der Waals surface area contributed by atoms with Crippen LogP contribution in [0.25, 0.3) is 11.1 Å². The van der Waals surface area contributed by atoms with Crippen molar-refractivity contribution in [1.29, 1.82) is 0 Å². The first-order valence-electron chi connectivity index (χ1n) is 11.9. The summed E-state index contributed by atoms with van der Waals surface area (Å²) in [5.41, 5.74) is 6.05. The lowest BCUT2D eigenvalue weighted by Gasteiger charge is -2.37. The van der Waals surface area contributed by atoms with Gasteiger partial charge < -0.3 is 9.80 Å². The lowest BCUT2D eigenvalue weighted by atomic mass is 9.91. The molecule has 1 atom stereocenters. The summed E-state index contributed by atoms with van der Waals surface area (Å²) in [5, 5.41) is 0. The van der Waals surface area contributed by atoms with E-state index in [0.717, 1.165) is 44.7 Å². The molecular weight excluding hydrogens is 392 g/mol. The largest absolute Gasteiger partial charge is 0.312 e. The average Bonchev–Trinajstić information content (AvgIpc) is 2.86. The minimum Gasteiger partial charge on any atom is -0.312 e. The van der Waals surface area contributed by atoms with Crippen LogP contribution in [0, 0.1) is 5.92 Å². The Kier molecular flexibility index (Phi) is 7.39. The van der Waals surface area contributed by atoms with Crippen LogP contribution in [0.5, 0.6) is 0 Å². The van der Waals surface area contributed by atoms with Crippen molar-refractivity contribution in [1.82, 2.24) is 4.90 Å². The van der Waals surface area contributed by atoms with Crippen LogP contribution in [0.4, 0.5) is 5.69 Å². The number of nitrogens with zero attached hydrogens (tertiary/aromatic N) is 2. The number of carbonyl (C=O) groups is 1. The van der Waals surface area contributed by atoms with Crippen LogP contribution in [0.2, 0.25) is 0 Å². The first-order chi connectivity index (χ1) is 15.7. The molecule has 4 rings (SSSR count). The summed E-state index contributed by atoms with van der Waals surface area (Å²) in [6.45, 7) is 8.41. The SMILES string of the molecule is CCN(CC)CC1Cc2ccccc2N(C(=O)CCc2ccc(-c3ccccc3)cc2)C1. The van der Waals surface area contributed by atoms with E-state index in [1.54, 1.807) is 0 Å². The second-order valence-corrected chi connectivity index (χ2v) is 8.75. The number of para-hydroxylation sites is 1. The van der Waals surface area contributed by atoms with Crippen molar-refractivity contribution in [3.8, 4) is 11.1 Å². The number of fused-ring (bicyclic) bond motifs is 1. The Morgan fingerprint density at radius 2 is 1.53 bits per heavy atom. The lowest BCUT2D eigenvalue weighted by molar-refractivity contribution is -0.118. The van der Waals surface area contributed by atoms with Gasteiger partial charge in [-0.1, -0.05) is 86.6 Å². The number of aryl methyl sites for hydroxylation is 1. The Morgan fingerprint density at radius 1 is 0.875 bits per heavy atom. The van der Waals surface area contributed by atoms with Gasteiger partial charge in [-0.2, -0.15) is 0 Å². The van der Waals surface area contributed by atoms with Crippen molar-refractivity contribution >= 4 is 11.6 Å². The molecule has 0 radical (unpaired) electrons. The van der Waals surface area contributed by atoms with Gasteiger partial charge >= 0.3 is 0 Å². The van der Waals surface area contributed by atoms with E-state index in [9.17, 15) is 4.79 Å². The van der Waals surface area contributed by atoms with Crippen LogP contribution < -0.4 is 4.90 Å². The van der Waals surface area contributed by atoms with Gasteiger partial charge in [0.25, 0.3) is 0 Å². The van der Waals surface area contributed by atoms with Crippen molar-refractivity contribution in [3.05, 3.63) is 90.0 Å². The van der Waals surface area contributed by atoms with Gasteiger partial charge in [0.1, 0.15) is 0 Å². The summed E-state index contributed by atoms with van der Waals surface area (Å²) in [6.07, 6.45) is 2.36. The average molecular weight is 427 g/mol. The Hall–Kier alpha value is -2.91. The van der Waals surface area contributed by atoms with E-state index >= 15 is 0 Å².